The summed E-state index contributed by atoms with van der Waals surface area (Å²) in [7, 11) is -1.45. The molecule has 1 aromatic heterocycles. The molecule has 1 fully saturated rings. The van der Waals surface area contributed by atoms with Crippen molar-refractivity contribution < 1.29 is 18.7 Å². The van der Waals surface area contributed by atoms with Gasteiger partial charge in [0, 0.05) is 18.7 Å². The highest BCUT2D eigenvalue weighted by Gasteiger charge is 2.32. The topological polar surface area (TPSA) is 103 Å². The van der Waals surface area contributed by atoms with Crippen molar-refractivity contribution >= 4 is 22.6 Å². The van der Waals surface area contributed by atoms with Crippen LogP contribution in [0.5, 0.6) is 0 Å². The zero-order chi connectivity index (χ0) is 18.6. The Bertz CT molecular complexity index is 657. The molecule has 1 aliphatic rings. The summed E-state index contributed by atoms with van der Waals surface area (Å²) >= 11 is 0. The van der Waals surface area contributed by atoms with Crippen molar-refractivity contribution in [3.05, 3.63) is 28.4 Å². The molecule has 0 radical (unpaired) electrons. The lowest BCUT2D eigenvalue weighted by Gasteiger charge is -2.36. The van der Waals surface area contributed by atoms with E-state index in [2.05, 4.69) is 4.98 Å². The molecule has 0 spiro atoms. The summed E-state index contributed by atoms with van der Waals surface area (Å²) in [4.78, 5) is 28.0. The van der Waals surface area contributed by atoms with Crippen molar-refractivity contribution in [2.45, 2.75) is 56.7 Å². The number of ether oxygens (including phenoxy) is 1. The molecule has 1 aliphatic heterocycles. The lowest BCUT2D eigenvalue weighted by molar-refractivity contribution is -0.385. The predicted molar refractivity (Wildman–Crippen MR) is 92.7 cm³/mol. The Morgan fingerprint density at radius 2 is 2.16 bits per heavy atom. The lowest BCUT2D eigenvalue weighted by Crippen LogP contribution is -2.48. The number of likely N-dealkylation sites (tertiary alicyclic amines) is 1. The minimum Gasteiger partial charge on any atom is -0.444 e. The van der Waals surface area contributed by atoms with E-state index in [0.29, 0.717) is 6.54 Å². The molecular formula is C16H23N3O5S. The van der Waals surface area contributed by atoms with Gasteiger partial charge in [-0.1, -0.05) is 0 Å². The average molecular weight is 369 g/mol. The molecule has 2 rings (SSSR count). The third-order valence-electron chi connectivity index (χ3n) is 3.76. The van der Waals surface area contributed by atoms with Crippen LogP contribution in [0.1, 0.15) is 40.0 Å². The van der Waals surface area contributed by atoms with Crippen molar-refractivity contribution in [2.24, 2.45) is 0 Å². The summed E-state index contributed by atoms with van der Waals surface area (Å²) in [5.41, 5.74) is -0.730. The van der Waals surface area contributed by atoms with Crippen LogP contribution < -0.4 is 0 Å². The maximum atomic E-state index is 12.5. The van der Waals surface area contributed by atoms with E-state index >= 15 is 0 Å². The molecule has 1 amide bonds. The van der Waals surface area contributed by atoms with Crippen LogP contribution in [0, 0.1) is 10.1 Å². The molecule has 9 heteroatoms. The molecule has 1 saturated heterocycles. The number of pyridine rings is 1. The van der Waals surface area contributed by atoms with E-state index in [1.807, 2.05) is 20.8 Å². The minimum absolute atomic E-state index is 0.145. The largest absolute Gasteiger partial charge is 0.444 e. The number of amides is 1. The number of nitrogens with zero attached hydrogens (tertiary/aromatic N) is 3. The first-order valence-corrected chi connectivity index (χ1v) is 9.48. The molecular weight excluding hydrogens is 346 g/mol. The number of carbonyl (C=O) groups excluding carboxylic acids is 1. The van der Waals surface area contributed by atoms with Gasteiger partial charge in [-0.05, 0) is 46.1 Å². The van der Waals surface area contributed by atoms with Crippen LogP contribution >= 0.6 is 0 Å². The van der Waals surface area contributed by atoms with Gasteiger partial charge in [0.15, 0.2) is 0 Å². The molecule has 2 heterocycles. The van der Waals surface area contributed by atoms with Crippen LogP contribution in [-0.4, -0.2) is 49.0 Å². The molecule has 0 unspecified atom stereocenters. The molecule has 25 heavy (non-hydrogen) atoms. The van der Waals surface area contributed by atoms with Gasteiger partial charge in [0.05, 0.1) is 21.5 Å². The summed E-state index contributed by atoms with van der Waals surface area (Å²) in [6.07, 6.45) is 3.29. The predicted octanol–water partition coefficient (Wildman–Crippen LogP) is 2.89. The van der Waals surface area contributed by atoms with Gasteiger partial charge in [-0.3, -0.25) is 14.3 Å². The molecule has 1 aromatic rings. The van der Waals surface area contributed by atoms with Gasteiger partial charge in [-0.15, -0.1) is 0 Å². The summed E-state index contributed by atoms with van der Waals surface area (Å²) < 4.78 is 18.0. The van der Waals surface area contributed by atoms with Crippen molar-refractivity contribution in [1.29, 1.82) is 0 Å². The summed E-state index contributed by atoms with van der Waals surface area (Å²) in [5, 5.41) is 10.9. The van der Waals surface area contributed by atoms with Crippen LogP contribution in [0.2, 0.25) is 0 Å². The molecule has 138 valence electrons. The lowest BCUT2D eigenvalue weighted by atomic mass is 10.0. The van der Waals surface area contributed by atoms with E-state index in [9.17, 15) is 19.1 Å². The minimum atomic E-state index is -1.45. The van der Waals surface area contributed by atoms with Gasteiger partial charge in [0.2, 0.25) is 0 Å². The van der Waals surface area contributed by atoms with E-state index < -0.39 is 27.4 Å². The number of aromatic nitrogens is 1. The summed E-state index contributed by atoms with van der Waals surface area (Å²) in [6.45, 7) is 6.00. The van der Waals surface area contributed by atoms with Crippen molar-refractivity contribution in [3.8, 4) is 0 Å². The summed E-state index contributed by atoms with van der Waals surface area (Å²) in [5.74, 6) is 0.240. The number of hydrogen-bond donors (Lipinski definition) is 0. The molecule has 0 aliphatic carbocycles. The number of rotatable bonds is 4. The van der Waals surface area contributed by atoms with Crippen LogP contribution in [-0.2, 0) is 15.5 Å². The number of nitro groups is 1. The highest BCUT2D eigenvalue weighted by atomic mass is 32.2. The normalized spacial score (nSPS) is 19.3. The fourth-order valence-electron chi connectivity index (χ4n) is 2.61. The number of hydrogen-bond acceptors (Lipinski definition) is 6. The Kier molecular flexibility index (Phi) is 6.10. The SMILES string of the molecule is CC(C)(C)OC(=O)N1CCCC[C@@H]1C[S@](=O)c1ccc([N+](=O)[O-])cn1. The Labute approximate surface area is 149 Å². The third kappa shape index (κ3) is 5.48. The first-order valence-electron chi connectivity index (χ1n) is 8.16. The quantitative estimate of drug-likeness (QED) is 0.597. The number of carbonyl (C=O) groups is 1. The maximum absolute atomic E-state index is 12.5. The van der Waals surface area contributed by atoms with Crippen LogP contribution in [0.15, 0.2) is 23.4 Å². The Morgan fingerprint density at radius 1 is 1.44 bits per heavy atom. The fourth-order valence-corrected chi connectivity index (χ4v) is 3.87. The number of piperidine rings is 1. The van der Waals surface area contributed by atoms with Crippen molar-refractivity contribution in [1.82, 2.24) is 9.88 Å². The van der Waals surface area contributed by atoms with Gasteiger partial charge in [0.1, 0.15) is 16.8 Å². The monoisotopic (exact) mass is 369 g/mol. The second kappa shape index (κ2) is 7.90. The third-order valence-corrected chi connectivity index (χ3v) is 5.16. The first kappa shape index (κ1) is 19.3. The summed E-state index contributed by atoms with van der Waals surface area (Å²) in [6, 6.07) is 2.49. The smallest absolute Gasteiger partial charge is 0.410 e. The van der Waals surface area contributed by atoms with Gasteiger partial charge in [-0.25, -0.2) is 9.78 Å². The highest BCUT2D eigenvalue weighted by molar-refractivity contribution is 7.85. The van der Waals surface area contributed by atoms with Gasteiger partial charge in [-0.2, -0.15) is 0 Å². The maximum Gasteiger partial charge on any atom is 0.410 e. The first-order chi connectivity index (χ1) is 11.7. The molecule has 0 bridgehead atoms. The average Bonchev–Trinajstić information content (AvgIpc) is 2.53. The molecule has 0 saturated carbocycles. The van der Waals surface area contributed by atoms with Crippen LogP contribution in [0.25, 0.3) is 0 Å². The van der Waals surface area contributed by atoms with E-state index in [1.54, 1.807) is 4.90 Å². The molecule has 8 nitrogen and oxygen atoms in total. The second-order valence-corrected chi connectivity index (χ2v) is 8.39. The van der Waals surface area contributed by atoms with Gasteiger partial charge >= 0.3 is 6.09 Å². The second-order valence-electron chi connectivity index (χ2n) is 6.95. The van der Waals surface area contributed by atoms with Crippen LogP contribution in [0.3, 0.4) is 0 Å². The Hall–Kier alpha value is -2.03. The van der Waals surface area contributed by atoms with Gasteiger partial charge in [0.25, 0.3) is 5.69 Å². The van der Waals surface area contributed by atoms with Crippen LogP contribution in [0.4, 0.5) is 10.5 Å². The standard InChI is InChI=1S/C16H23N3O5S/c1-16(2,3)24-15(20)18-9-5-4-6-13(18)11-25(23)14-8-7-12(10-17-14)19(21)22/h7-8,10,13H,4-6,9,11H2,1-3H3/t13-,25+/m1/s1. The van der Waals surface area contributed by atoms with E-state index in [0.717, 1.165) is 25.5 Å². The van der Waals surface area contributed by atoms with Crippen molar-refractivity contribution in [2.75, 3.05) is 12.3 Å². The fraction of sp³-hybridized carbons (Fsp3) is 0.625. The molecule has 2 atom stereocenters. The Morgan fingerprint density at radius 3 is 2.72 bits per heavy atom. The van der Waals surface area contributed by atoms with E-state index in [-0.39, 0.29) is 22.5 Å². The van der Waals surface area contributed by atoms with Crippen molar-refractivity contribution in [3.63, 3.8) is 0 Å². The molecule has 0 aromatic carbocycles. The van der Waals surface area contributed by atoms with E-state index in [1.165, 1.54) is 12.1 Å². The van der Waals surface area contributed by atoms with Gasteiger partial charge < -0.3 is 9.64 Å². The Balaban J connectivity index is 2.06. The highest BCUT2D eigenvalue weighted by Crippen LogP contribution is 2.22. The zero-order valence-corrected chi connectivity index (χ0v) is 15.5. The zero-order valence-electron chi connectivity index (χ0n) is 14.6. The van der Waals surface area contributed by atoms with E-state index in [4.69, 9.17) is 4.74 Å². The molecule has 0 N–H and O–H groups in total.